The third kappa shape index (κ3) is 2.00. The first-order chi connectivity index (χ1) is 6.43. The van der Waals surface area contributed by atoms with Gasteiger partial charge in [-0.25, -0.2) is 13.8 Å². The Bertz CT molecular complexity index is 386. The topological polar surface area (TPSA) is 56.0 Å². The van der Waals surface area contributed by atoms with E-state index in [-0.39, 0.29) is 0 Å². The number of hydrogen-bond donors (Lipinski definition) is 0. The maximum absolute atomic E-state index is 12.7. The Balaban J connectivity index is 3.34. The van der Waals surface area contributed by atoms with Crippen molar-refractivity contribution in [3.05, 3.63) is 32.3 Å². The molecule has 0 radical (unpaired) electrons. The van der Waals surface area contributed by atoms with Gasteiger partial charge in [0.05, 0.1) is 10.5 Å². The number of halogens is 4. The van der Waals surface area contributed by atoms with Crippen LogP contribution in [0.4, 0.5) is 18.9 Å². The average molecular weight is 271 g/mol. The van der Waals surface area contributed by atoms with Crippen LogP contribution in [-0.4, -0.2) is 9.91 Å². The first-order valence-electron chi connectivity index (χ1n) is 3.22. The van der Waals surface area contributed by atoms with Crippen molar-refractivity contribution in [1.29, 1.82) is 0 Å². The molecular weight excluding hydrogens is 269 g/mol. The Morgan fingerprint density at radius 2 is 2.14 bits per heavy atom. The molecule has 1 aromatic rings. The van der Waals surface area contributed by atoms with Gasteiger partial charge in [0.15, 0.2) is 4.60 Å². The van der Waals surface area contributed by atoms with E-state index >= 15 is 0 Å². The quantitative estimate of drug-likeness (QED) is 0.472. The zero-order valence-electron chi connectivity index (χ0n) is 6.38. The lowest BCUT2D eigenvalue weighted by molar-refractivity contribution is -0.386. The van der Waals surface area contributed by atoms with Crippen molar-refractivity contribution in [2.75, 3.05) is 0 Å². The minimum Gasteiger partial charge on any atom is -0.258 e. The lowest BCUT2D eigenvalue weighted by Crippen LogP contribution is -1.99. The van der Waals surface area contributed by atoms with Crippen LogP contribution >= 0.6 is 15.9 Å². The van der Waals surface area contributed by atoms with Crippen LogP contribution < -0.4 is 0 Å². The molecule has 0 fully saturated rings. The summed E-state index contributed by atoms with van der Waals surface area (Å²) < 4.78 is 36.5. The molecule has 0 N–H and O–H groups in total. The third-order valence-corrected chi connectivity index (χ3v) is 1.95. The molecule has 0 saturated heterocycles. The molecule has 4 nitrogen and oxygen atoms in total. The number of nitrogens with zero attached hydrogens (tertiary/aromatic N) is 2. The van der Waals surface area contributed by atoms with Crippen LogP contribution in [0.1, 0.15) is 12.0 Å². The Hall–Kier alpha value is -1.18. The molecular formula is C6H2BrF3N2O2. The van der Waals surface area contributed by atoms with Gasteiger partial charge in [0, 0.05) is 6.07 Å². The molecule has 1 aromatic heterocycles. The molecule has 8 heteroatoms. The summed E-state index contributed by atoms with van der Waals surface area (Å²) in [5, 5.41) is 10.3. The number of rotatable bonds is 2. The SMILES string of the molecule is O=[N+]([O-])c1cc(C(F)F)c(F)nc1Br. The van der Waals surface area contributed by atoms with E-state index in [1.165, 1.54) is 0 Å². The van der Waals surface area contributed by atoms with E-state index in [4.69, 9.17) is 0 Å². The van der Waals surface area contributed by atoms with Crippen molar-refractivity contribution in [3.8, 4) is 0 Å². The largest absolute Gasteiger partial charge is 0.302 e. The molecule has 0 aliphatic rings. The van der Waals surface area contributed by atoms with Crippen molar-refractivity contribution in [3.63, 3.8) is 0 Å². The van der Waals surface area contributed by atoms with E-state index < -0.39 is 33.2 Å². The van der Waals surface area contributed by atoms with Gasteiger partial charge >= 0.3 is 5.69 Å². The Morgan fingerprint density at radius 1 is 1.57 bits per heavy atom. The van der Waals surface area contributed by atoms with E-state index in [0.717, 1.165) is 0 Å². The summed E-state index contributed by atoms with van der Waals surface area (Å²) in [6.07, 6.45) is -3.13. The lowest BCUT2D eigenvalue weighted by Gasteiger charge is -2.01. The van der Waals surface area contributed by atoms with Crippen LogP contribution in [0.15, 0.2) is 10.7 Å². The maximum atomic E-state index is 12.7. The number of alkyl halides is 2. The van der Waals surface area contributed by atoms with Gasteiger partial charge in [-0.2, -0.15) is 4.39 Å². The second-order valence-corrected chi connectivity index (χ2v) is 2.99. The predicted octanol–water partition coefficient (Wildman–Crippen LogP) is 2.83. The molecule has 1 heterocycles. The molecule has 0 bridgehead atoms. The normalized spacial score (nSPS) is 10.6. The van der Waals surface area contributed by atoms with E-state index in [1.807, 2.05) is 0 Å². The fraction of sp³-hybridized carbons (Fsp3) is 0.167. The highest BCUT2D eigenvalue weighted by Gasteiger charge is 2.23. The smallest absolute Gasteiger partial charge is 0.258 e. The summed E-state index contributed by atoms with van der Waals surface area (Å²) >= 11 is 2.59. The van der Waals surface area contributed by atoms with Gasteiger partial charge in [-0.15, -0.1) is 0 Å². The van der Waals surface area contributed by atoms with Crippen LogP contribution in [0.2, 0.25) is 0 Å². The van der Waals surface area contributed by atoms with Crippen LogP contribution in [0.5, 0.6) is 0 Å². The number of nitro groups is 1. The van der Waals surface area contributed by atoms with Crippen LogP contribution in [-0.2, 0) is 0 Å². The molecule has 0 saturated carbocycles. The zero-order chi connectivity index (χ0) is 10.9. The minimum absolute atomic E-state index is 0.413. The highest BCUT2D eigenvalue weighted by atomic mass is 79.9. The summed E-state index contributed by atoms with van der Waals surface area (Å²) in [4.78, 5) is 12.3. The van der Waals surface area contributed by atoms with Crippen molar-refractivity contribution in [2.45, 2.75) is 6.43 Å². The number of hydrogen-bond acceptors (Lipinski definition) is 3. The molecule has 76 valence electrons. The first kappa shape index (κ1) is 10.9. The third-order valence-electron chi connectivity index (χ3n) is 1.37. The number of aromatic nitrogens is 1. The fourth-order valence-corrected chi connectivity index (χ4v) is 1.17. The standard InChI is InChI=1S/C6H2BrF3N2O2/c7-4-3(12(13)14)1-2(5(8)9)6(10)11-4/h1,5H. The van der Waals surface area contributed by atoms with Gasteiger partial charge in [-0.3, -0.25) is 10.1 Å². The second kappa shape index (κ2) is 3.91. The van der Waals surface area contributed by atoms with Gasteiger partial charge in [0.2, 0.25) is 5.95 Å². The molecule has 0 aliphatic heterocycles. The van der Waals surface area contributed by atoms with E-state index in [2.05, 4.69) is 20.9 Å². The predicted molar refractivity (Wildman–Crippen MR) is 43.5 cm³/mol. The van der Waals surface area contributed by atoms with E-state index in [0.29, 0.717) is 6.07 Å². The zero-order valence-corrected chi connectivity index (χ0v) is 7.96. The summed E-state index contributed by atoms with van der Waals surface area (Å²) in [7, 11) is 0. The molecule has 0 amide bonds. The van der Waals surface area contributed by atoms with Crippen LogP contribution in [0.3, 0.4) is 0 Å². The molecule has 0 aliphatic carbocycles. The molecule has 0 atom stereocenters. The molecule has 0 aromatic carbocycles. The van der Waals surface area contributed by atoms with Crippen LogP contribution in [0.25, 0.3) is 0 Å². The summed E-state index contributed by atoms with van der Waals surface area (Å²) in [5.74, 6) is -1.42. The maximum Gasteiger partial charge on any atom is 0.302 e. The van der Waals surface area contributed by atoms with Gasteiger partial charge in [-0.1, -0.05) is 0 Å². The van der Waals surface area contributed by atoms with Crippen molar-refractivity contribution < 1.29 is 18.1 Å². The molecule has 0 unspecified atom stereocenters. The Kier molecular flexibility index (Phi) is 3.04. The van der Waals surface area contributed by atoms with Gasteiger partial charge < -0.3 is 0 Å². The Labute approximate surface area is 84.0 Å². The summed E-state index contributed by atoms with van der Waals surface area (Å²) in [6, 6.07) is 0.455. The van der Waals surface area contributed by atoms with Gasteiger partial charge in [0.25, 0.3) is 6.43 Å². The summed E-state index contributed by atoms with van der Waals surface area (Å²) in [5.41, 5.74) is -1.78. The highest BCUT2D eigenvalue weighted by Crippen LogP contribution is 2.29. The van der Waals surface area contributed by atoms with Gasteiger partial charge in [0.1, 0.15) is 0 Å². The first-order valence-corrected chi connectivity index (χ1v) is 4.01. The minimum atomic E-state index is -3.13. The fourth-order valence-electron chi connectivity index (χ4n) is 0.755. The van der Waals surface area contributed by atoms with E-state index in [1.54, 1.807) is 0 Å². The second-order valence-electron chi connectivity index (χ2n) is 2.24. The van der Waals surface area contributed by atoms with Crippen molar-refractivity contribution in [2.24, 2.45) is 0 Å². The molecule has 14 heavy (non-hydrogen) atoms. The lowest BCUT2D eigenvalue weighted by atomic mass is 10.2. The van der Waals surface area contributed by atoms with Crippen molar-refractivity contribution in [1.82, 2.24) is 4.98 Å². The summed E-state index contributed by atoms with van der Waals surface area (Å²) in [6.45, 7) is 0. The highest BCUT2D eigenvalue weighted by molar-refractivity contribution is 9.10. The molecule has 1 rings (SSSR count). The van der Waals surface area contributed by atoms with Crippen LogP contribution in [0, 0.1) is 16.1 Å². The number of pyridine rings is 1. The van der Waals surface area contributed by atoms with E-state index in [9.17, 15) is 23.3 Å². The monoisotopic (exact) mass is 270 g/mol. The molecule has 0 spiro atoms. The average Bonchev–Trinajstić information content (AvgIpc) is 2.02. The Morgan fingerprint density at radius 3 is 2.57 bits per heavy atom. The van der Waals surface area contributed by atoms with Gasteiger partial charge in [-0.05, 0) is 15.9 Å². The van der Waals surface area contributed by atoms with Crippen molar-refractivity contribution >= 4 is 21.6 Å².